The molecule has 5 aromatic rings. The summed E-state index contributed by atoms with van der Waals surface area (Å²) in [6.07, 6.45) is 2.05. The smallest absolute Gasteiger partial charge is 0.319 e. The number of nitrogens with zero attached hydrogens (tertiary/aromatic N) is 1. The van der Waals surface area contributed by atoms with E-state index >= 15 is 0 Å². The summed E-state index contributed by atoms with van der Waals surface area (Å²) in [5.74, 6) is 0. The molecule has 7 rings (SSSR count). The first-order valence-electron chi connectivity index (χ1n) is 10.8. The minimum absolute atomic E-state index is 0. The van der Waals surface area contributed by atoms with Gasteiger partial charge in [-0.25, -0.2) is 0 Å². The third-order valence-corrected chi connectivity index (χ3v) is 8.39. The largest absolute Gasteiger partial charge is 0.338 e. The zero-order valence-corrected chi connectivity index (χ0v) is 21.0. The molecule has 0 spiro atoms. The summed E-state index contributed by atoms with van der Waals surface area (Å²) in [7, 11) is 0. The van der Waals surface area contributed by atoms with Crippen LogP contribution in [-0.2, 0) is 20.1 Å². The maximum absolute atomic E-state index is 4.87. The molecule has 32 heavy (non-hydrogen) atoms. The van der Waals surface area contributed by atoms with Crippen molar-refractivity contribution in [2.45, 2.75) is 13.8 Å². The summed E-state index contributed by atoms with van der Waals surface area (Å²) in [5, 5.41) is 2.75. The van der Waals surface area contributed by atoms with Crippen LogP contribution in [0.1, 0.15) is 16.7 Å². The van der Waals surface area contributed by atoms with Crippen LogP contribution in [0.4, 0.5) is 0 Å². The van der Waals surface area contributed by atoms with Gasteiger partial charge in [0, 0.05) is 46.5 Å². The minimum atomic E-state index is 0. The van der Waals surface area contributed by atoms with E-state index < -0.39 is 0 Å². The van der Waals surface area contributed by atoms with Crippen LogP contribution in [0, 0.1) is 19.9 Å². The first-order chi connectivity index (χ1) is 15.2. The van der Waals surface area contributed by atoms with Gasteiger partial charge in [0.05, 0.1) is 0 Å². The predicted molar refractivity (Wildman–Crippen MR) is 138 cm³/mol. The van der Waals surface area contributed by atoms with E-state index in [1.54, 1.807) is 0 Å². The molecule has 0 fully saturated rings. The first kappa shape index (κ1) is 20.2. The van der Waals surface area contributed by atoms with Crippen LogP contribution in [0.2, 0.25) is 0 Å². The monoisotopic (exact) mass is 603 g/mol. The molecule has 0 amide bonds. The van der Waals surface area contributed by atoms with E-state index in [-0.39, 0.29) is 33.7 Å². The van der Waals surface area contributed by atoms with E-state index in [9.17, 15) is 0 Å². The van der Waals surface area contributed by atoms with Crippen LogP contribution < -0.4 is 27.3 Å². The third-order valence-electron chi connectivity index (χ3n) is 7.08. The van der Waals surface area contributed by atoms with Gasteiger partial charge >= 0.3 is 6.85 Å². The number of aryl methyl sites for hydroxylation is 2. The quantitative estimate of drug-likeness (QED) is 0.207. The fourth-order valence-corrected chi connectivity index (χ4v) is 7.00. The van der Waals surface area contributed by atoms with Gasteiger partial charge in [-0.3, -0.25) is 0 Å². The van der Waals surface area contributed by atoms with E-state index in [4.69, 9.17) is 4.90 Å². The van der Waals surface area contributed by atoms with E-state index in [0.717, 1.165) is 0 Å². The Balaban J connectivity index is 0.00000196. The van der Waals surface area contributed by atoms with Crippen molar-refractivity contribution in [1.82, 2.24) is 0 Å². The van der Waals surface area contributed by atoms with Gasteiger partial charge in [0.2, 0.25) is 0 Å². The van der Waals surface area contributed by atoms with Crippen molar-refractivity contribution >= 4 is 78.6 Å². The molecule has 4 aromatic carbocycles. The Labute approximate surface area is 206 Å². The molecule has 1 aromatic heterocycles. The van der Waals surface area contributed by atoms with Gasteiger partial charge in [-0.15, -0.1) is 11.3 Å². The number of thiophene rings is 1. The number of hydrogen-bond acceptors (Lipinski definition) is 2. The van der Waals surface area contributed by atoms with E-state index in [1.807, 2.05) is 23.6 Å². The molecule has 0 saturated heterocycles. The second kappa shape index (κ2) is 7.28. The second-order valence-corrected chi connectivity index (χ2v) is 9.76. The third kappa shape index (κ3) is 2.59. The zero-order valence-electron chi connectivity index (χ0n) is 17.8. The van der Waals surface area contributed by atoms with Crippen LogP contribution >= 0.6 is 11.3 Å². The van der Waals surface area contributed by atoms with Crippen molar-refractivity contribution < 1.29 is 20.1 Å². The summed E-state index contributed by atoms with van der Waals surface area (Å²) < 4.78 is 2.78. The average molecular weight is 602 g/mol. The molecule has 0 saturated carbocycles. The Kier molecular flexibility index (Phi) is 4.59. The predicted octanol–water partition coefficient (Wildman–Crippen LogP) is 2.84. The van der Waals surface area contributed by atoms with Crippen LogP contribution in [-0.4, -0.2) is 19.8 Å². The molecule has 0 bridgehead atoms. The zero-order chi connectivity index (χ0) is 20.7. The Morgan fingerprint density at radius 2 is 1.72 bits per heavy atom. The summed E-state index contributed by atoms with van der Waals surface area (Å²) in [5.41, 5.74) is 10.8. The van der Waals surface area contributed by atoms with Crippen LogP contribution in [0.15, 0.2) is 71.6 Å². The molecule has 153 valence electrons. The Morgan fingerprint density at radius 1 is 0.875 bits per heavy atom. The number of hydrogen-bond donors (Lipinski definition) is 0. The molecule has 2 aliphatic heterocycles. The maximum Gasteiger partial charge on any atom is 0.319 e. The SMILES string of the molecule is Cc1cc2c(sc3ccccc32)c(C)c1B1c2ccc[c-]c2B2N=Cc3cccc1c32.[Ir]. The Hall–Kier alpha value is -2.45. The summed E-state index contributed by atoms with van der Waals surface area (Å²) >= 11 is 1.92. The second-order valence-electron chi connectivity index (χ2n) is 8.71. The molecule has 0 N–H and O–H groups in total. The maximum atomic E-state index is 4.87. The van der Waals surface area contributed by atoms with Crippen molar-refractivity contribution in [3.8, 4) is 0 Å². The Morgan fingerprint density at radius 3 is 2.62 bits per heavy atom. The van der Waals surface area contributed by atoms with E-state index in [2.05, 4.69) is 80.6 Å². The molecular weight excluding hydrogens is 584 g/mol. The number of rotatable bonds is 1. The van der Waals surface area contributed by atoms with E-state index in [0.29, 0.717) is 0 Å². The molecule has 1 nitrogen and oxygen atoms in total. The molecule has 2 aliphatic rings. The van der Waals surface area contributed by atoms with Gasteiger partial charge in [-0.1, -0.05) is 59.0 Å². The number of benzene rings is 4. The first-order valence-corrected chi connectivity index (χ1v) is 11.6. The fourth-order valence-electron chi connectivity index (χ4n) is 5.80. The van der Waals surface area contributed by atoms with Crippen LogP contribution in [0.5, 0.6) is 0 Å². The van der Waals surface area contributed by atoms with Crippen molar-refractivity contribution in [3.05, 3.63) is 89.5 Å². The summed E-state index contributed by atoms with van der Waals surface area (Å²) in [6, 6.07) is 27.9. The van der Waals surface area contributed by atoms with Crippen LogP contribution in [0.3, 0.4) is 0 Å². The van der Waals surface area contributed by atoms with Gasteiger partial charge in [0.1, 0.15) is 0 Å². The summed E-state index contributed by atoms with van der Waals surface area (Å²) in [4.78, 5) is 4.87. The minimum Gasteiger partial charge on any atom is -0.338 e. The average Bonchev–Trinajstić information content (AvgIpc) is 3.39. The number of fused-ring (bicyclic) bond motifs is 5. The fraction of sp³-hybridized carbons (Fsp3) is 0.0741. The normalized spacial score (nSPS) is 13.4. The Bertz CT molecular complexity index is 1590. The van der Waals surface area contributed by atoms with Gasteiger partial charge in [0.25, 0.3) is 0 Å². The molecule has 0 aliphatic carbocycles. The van der Waals surface area contributed by atoms with Gasteiger partial charge in [-0.05, 0) is 36.5 Å². The van der Waals surface area contributed by atoms with Crippen molar-refractivity contribution in [1.29, 1.82) is 0 Å². The molecule has 0 atom stereocenters. The van der Waals surface area contributed by atoms with Gasteiger partial charge in [-0.2, -0.15) is 35.2 Å². The summed E-state index contributed by atoms with van der Waals surface area (Å²) in [6.45, 7) is 4.91. The molecule has 3 heterocycles. The van der Waals surface area contributed by atoms with Crippen molar-refractivity contribution in [3.63, 3.8) is 0 Å². The standard InChI is InChI=1S/C27H18B2NS.Ir/c1-16-14-20-19-9-3-6-13-24(19)31-27(20)17(2)25(16)28-21-10-4-5-11-22(21)29-26-18(15-30-29)8-7-12-23(26)28;/h3-10,12-15H,1-2H3;/q-1;. The van der Waals surface area contributed by atoms with Gasteiger partial charge < -0.3 is 4.90 Å². The van der Waals surface area contributed by atoms with E-state index in [1.165, 1.54) is 64.2 Å². The van der Waals surface area contributed by atoms with Gasteiger partial charge in [0.15, 0.2) is 6.71 Å². The topological polar surface area (TPSA) is 12.4 Å². The molecule has 5 heteroatoms. The van der Waals surface area contributed by atoms with Crippen molar-refractivity contribution in [2.24, 2.45) is 4.90 Å². The molecule has 1 radical (unpaired) electrons. The molecule has 0 unspecified atom stereocenters. The van der Waals surface area contributed by atoms with Crippen molar-refractivity contribution in [2.75, 3.05) is 0 Å². The van der Waals surface area contributed by atoms with Crippen LogP contribution in [0.25, 0.3) is 20.2 Å². The molecular formula is C27H18B2IrNS-.